The van der Waals surface area contributed by atoms with Crippen molar-refractivity contribution in [2.75, 3.05) is 0 Å². The first-order valence-electron chi connectivity index (χ1n) is 3.63. The van der Waals surface area contributed by atoms with E-state index in [0.29, 0.717) is 0 Å². The van der Waals surface area contributed by atoms with E-state index >= 15 is 0 Å². The van der Waals surface area contributed by atoms with Crippen LogP contribution in [0.1, 0.15) is 39.5 Å². The maximum Gasteiger partial charge on any atom is -0.0197 e. The number of halogens is 1. The van der Waals surface area contributed by atoms with Crippen molar-refractivity contribution in [1.29, 1.82) is 0 Å². The third kappa shape index (κ3) is 4.71. The van der Waals surface area contributed by atoms with Crippen molar-refractivity contribution in [3.05, 3.63) is 10.6 Å². The van der Waals surface area contributed by atoms with Gasteiger partial charge >= 0.3 is 0 Å². The van der Waals surface area contributed by atoms with E-state index in [0.717, 1.165) is 0 Å². The van der Waals surface area contributed by atoms with Gasteiger partial charge in [-0.2, -0.15) is 0 Å². The summed E-state index contributed by atoms with van der Waals surface area (Å²) >= 11 is 3.34. The van der Waals surface area contributed by atoms with Crippen LogP contribution in [0.15, 0.2) is 10.6 Å². The highest BCUT2D eigenvalue weighted by atomic mass is 79.9. The van der Waals surface area contributed by atoms with Gasteiger partial charge in [0.1, 0.15) is 0 Å². The fourth-order valence-electron chi connectivity index (χ4n) is 0.712. The van der Waals surface area contributed by atoms with Gasteiger partial charge in [0.25, 0.3) is 0 Å². The largest absolute Gasteiger partial charge is 0.0654 e. The highest BCUT2D eigenvalue weighted by Gasteiger charge is 1.90. The number of hydrogen-bond donors (Lipinski definition) is 0. The van der Waals surface area contributed by atoms with Gasteiger partial charge in [-0.25, -0.2) is 0 Å². The van der Waals surface area contributed by atoms with Gasteiger partial charge in [-0.05, 0) is 24.2 Å². The lowest BCUT2D eigenvalue weighted by atomic mass is 10.1. The molecule has 0 aliphatic heterocycles. The summed E-state index contributed by atoms with van der Waals surface area (Å²) in [5, 5.41) is 0. The third-order valence-corrected chi connectivity index (χ3v) is 2.11. The normalized spacial score (nSPS) is 12.1. The first-order valence-corrected chi connectivity index (χ1v) is 4.54. The number of allylic oxidation sites excluding steroid dienone is 1. The maximum absolute atomic E-state index is 3.34. The van der Waals surface area contributed by atoms with Gasteiger partial charge < -0.3 is 0 Å². The van der Waals surface area contributed by atoms with Crippen LogP contribution in [-0.4, -0.2) is 0 Å². The predicted molar refractivity (Wildman–Crippen MR) is 46.8 cm³/mol. The van der Waals surface area contributed by atoms with E-state index in [9.17, 15) is 0 Å². The Kier molecular flexibility index (Phi) is 6.50. The molecular weight excluding hydrogens is 176 g/mol. The van der Waals surface area contributed by atoms with Crippen LogP contribution in [0.4, 0.5) is 0 Å². The molecule has 0 aliphatic rings. The zero-order valence-electron chi connectivity index (χ0n) is 6.28. The molecule has 0 saturated carbocycles. The summed E-state index contributed by atoms with van der Waals surface area (Å²) in [7, 11) is 0. The molecule has 0 saturated heterocycles. The van der Waals surface area contributed by atoms with Gasteiger partial charge in [0.05, 0.1) is 0 Å². The van der Waals surface area contributed by atoms with E-state index in [1.54, 1.807) is 0 Å². The van der Waals surface area contributed by atoms with Gasteiger partial charge in [0.15, 0.2) is 0 Å². The molecule has 0 aromatic heterocycles. The Morgan fingerprint density at radius 3 is 2.44 bits per heavy atom. The monoisotopic (exact) mass is 190 g/mol. The van der Waals surface area contributed by atoms with Gasteiger partial charge in [-0.1, -0.05) is 41.8 Å². The Morgan fingerprint density at radius 1 is 1.44 bits per heavy atom. The molecule has 0 aromatic carbocycles. The van der Waals surface area contributed by atoms with Crippen molar-refractivity contribution < 1.29 is 0 Å². The summed E-state index contributed by atoms with van der Waals surface area (Å²) in [6, 6.07) is 0. The minimum Gasteiger partial charge on any atom is -0.0654 e. The van der Waals surface area contributed by atoms with Crippen LogP contribution in [0.5, 0.6) is 0 Å². The van der Waals surface area contributed by atoms with Crippen LogP contribution < -0.4 is 0 Å². The van der Waals surface area contributed by atoms with E-state index < -0.39 is 0 Å². The molecule has 0 amide bonds. The molecule has 0 fully saturated rings. The Balaban J connectivity index is 3.33. The van der Waals surface area contributed by atoms with Gasteiger partial charge in [-0.15, -0.1) is 0 Å². The molecule has 0 aromatic rings. The molecule has 0 bridgehead atoms. The lowest BCUT2D eigenvalue weighted by molar-refractivity contribution is 0.768. The van der Waals surface area contributed by atoms with Gasteiger partial charge in [-0.3, -0.25) is 0 Å². The number of unbranched alkanes of at least 4 members (excludes halogenated alkanes) is 1. The Hall–Kier alpha value is 0.220. The molecule has 0 radical (unpaired) electrons. The lowest BCUT2D eigenvalue weighted by Gasteiger charge is -1.98. The van der Waals surface area contributed by atoms with E-state index in [1.165, 1.54) is 31.3 Å². The van der Waals surface area contributed by atoms with Crippen LogP contribution in [0.2, 0.25) is 0 Å². The van der Waals surface area contributed by atoms with Crippen LogP contribution in [0.3, 0.4) is 0 Å². The fraction of sp³-hybridized carbons (Fsp3) is 0.750. The summed E-state index contributed by atoms with van der Waals surface area (Å²) in [6.07, 6.45) is 5.07. The van der Waals surface area contributed by atoms with Crippen LogP contribution in [0, 0.1) is 0 Å². The fourth-order valence-corrected chi connectivity index (χ4v) is 1.26. The molecule has 9 heavy (non-hydrogen) atoms. The highest BCUT2D eigenvalue weighted by molar-refractivity contribution is 9.11. The molecular formula is C8H15Br. The Morgan fingerprint density at radius 2 is 2.11 bits per heavy atom. The van der Waals surface area contributed by atoms with E-state index in [4.69, 9.17) is 0 Å². The molecule has 1 heteroatoms. The van der Waals surface area contributed by atoms with Gasteiger partial charge in [0.2, 0.25) is 0 Å². The SMILES string of the molecule is CCCC/C(=C\Br)CC. The van der Waals surface area contributed by atoms with Gasteiger partial charge in [0, 0.05) is 0 Å². The molecule has 0 N–H and O–H groups in total. The number of hydrogen-bond acceptors (Lipinski definition) is 0. The van der Waals surface area contributed by atoms with Crippen LogP contribution >= 0.6 is 15.9 Å². The average Bonchev–Trinajstić information content (AvgIpc) is 1.91. The second-order valence-corrected chi connectivity index (χ2v) is 2.68. The van der Waals surface area contributed by atoms with Crippen molar-refractivity contribution in [1.82, 2.24) is 0 Å². The predicted octanol–water partition coefficient (Wildman–Crippen LogP) is 3.87. The second kappa shape index (κ2) is 6.34. The smallest absolute Gasteiger partial charge is 0.0197 e. The average molecular weight is 191 g/mol. The zero-order valence-corrected chi connectivity index (χ0v) is 7.87. The molecule has 54 valence electrons. The summed E-state index contributed by atoms with van der Waals surface area (Å²) < 4.78 is 0. The standard InChI is InChI=1S/C8H15Br/c1-3-5-6-8(4-2)7-9/h7H,3-6H2,1-2H3/b8-7-. The topological polar surface area (TPSA) is 0 Å². The Bertz CT molecular complexity index is 84.6. The first-order chi connectivity index (χ1) is 4.35. The van der Waals surface area contributed by atoms with E-state index in [1.807, 2.05) is 0 Å². The van der Waals surface area contributed by atoms with Crippen molar-refractivity contribution in [3.8, 4) is 0 Å². The molecule has 0 spiro atoms. The molecule has 0 heterocycles. The van der Waals surface area contributed by atoms with Crippen molar-refractivity contribution in [2.45, 2.75) is 39.5 Å². The molecule has 0 unspecified atom stereocenters. The molecule has 0 atom stereocenters. The summed E-state index contributed by atoms with van der Waals surface area (Å²) in [5.41, 5.74) is 1.52. The Labute approximate surface area is 66.5 Å². The summed E-state index contributed by atoms with van der Waals surface area (Å²) in [6.45, 7) is 4.42. The summed E-state index contributed by atoms with van der Waals surface area (Å²) in [4.78, 5) is 2.06. The van der Waals surface area contributed by atoms with Crippen molar-refractivity contribution in [3.63, 3.8) is 0 Å². The van der Waals surface area contributed by atoms with E-state index in [-0.39, 0.29) is 0 Å². The van der Waals surface area contributed by atoms with Crippen molar-refractivity contribution >= 4 is 15.9 Å². The summed E-state index contributed by atoms with van der Waals surface area (Å²) in [5.74, 6) is 0. The quantitative estimate of drug-likeness (QED) is 0.632. The lowest BCUT2D eigenvalue weighted by Crippen LogP contribution is -1.78. The molecule has 0 nitrogen and oxygen atoms in total. The first kappa shape index (κ1) is 9.22. The third-order valence-electron chi connectivity index (χ3n) is 1.46. The number of rotatable bonds is 4. The van der Waals surface area contributed by atoms with Crippen LogP contribution in [-0.2, 0) is 0 Å². The minimum atomic E-state index is 1.19. The minimum absolute atomic E-state index is 1.19. The van der Waals surface area contributed by atoms with Crippen LogP contribution in [0.25, 0.3) is 0 Å². The molecule has 0 rings (SSSR count). The zero-order chi connectivity index (χ0) is 7.11. The van der Waals surface area contributed by atoms with Crippen molar-refractivity contribution in [2.24, 2.45) is 0 Å². The second-order valence-electron chi connectivity index (χ2n) is 2.22. The maximum atomic E-state index is 3.34. The highest BCUT2D eigenvalue weighted by Crippen LogP contribution is 2.12. The molecule has 0 aliphatic carbocycles. The van der Waals surface area contributed by atoms with E-state index in [2.05, 4.69) is 34.8 Å².